The van der Waals surface area contributed by atoms with E-state index in [-0.39, 0.29) is 12.0 Å². The van der Waals surface area contributed by atoms with Crippen molar-refractivity contribution in [3.05, 3.63) is 59.7 Å². The molecule has 0 aliphatic carbocycles. The third-order valence-corrected chi connectivity index (χ3v) is 4.23. The molecule has 29 heavy (non-hydrogen) atoms. The van der Waals surface area contributed by atoms with Gasteiger partial charge in [-0.15, -0.1) is 0 Å². The Morgan fingerprint density at radius 2 is 1.83 bits per heavy atom. The molecule has 0 saturated carbocycles. The van der Waals surface area contributed by atoms with E-state index < -0.39 is 0 Å². The maximum atomic E-state index is 12.5. The molecule has 0 unspecified atom stereocenters. The summed E-state index contributed by atoms with van der Waals surface area (Å²) in [7, 11) is 1.72. The number of anilines is 1. The van der Waals surface area contributed by atoms with Crippen LogP contribution in [0.25, 0.3) is 6.08 Å². The van der Waals surface area contributed by atoms with Crippen LogP contribution in [0.15, 0.2) is 48.5 Å². The van der Waals surface area contributed by atoms with E-state index in [4.69, 9.17) is 14.2 Å². The van der Waals surface area contributed by atoms with Crippen molar-refractivity contribution in [2.24, 2.45) is 0 Å². The minimum Gasteiger partial charge on any atom is -0.486 e. The van der Waals surface area contributed by atoms with Crippen LogP contribution < -0.4 is 14.8 Å². The smallest absolute Gasteiger partial charge is 0.330 e. The summed E-state index contributed by atoms with van der Waals surface area (Å²) in [5, 5.41) is 2.85. The SMILES string of the molecule is CCOC(=O)/C=C\c1ccc(NC(=O)N(C)Cc2ccc3c(c2)OCCO3)cc1. The zero-order valence-electron chi connectivity index (χ0n) is 16.5. The van der Waals surface area contributed by atoms with Gasteiger partial charge in [0.05, 0.1) is 6.61 Å². The number of fused-ring (bicyclic) bond motifs is 1. The van der Waals surface area contributed by atoms with Crippen LogP contribution in [-0.4, -0.2) is 43.8 Å². The standard InChI is InChI=1S/C22H24N2O5/c1-3-27-21(25)11-7-16-4-8-18(9-5-16)23-22(26)24(2)15-17-6-10-19-20(14-17)29-13-12-28-19/h4-11,14H,3,12-13,15H2,1-2H3,(H,23,26)/b11-7-. The highest BCUT2D eigenvalue weighted by atomic mass is 16.6. The minimum absolute atomic E-state index is 0.227. The number of hydrogen-bond acceptors (Lipinski definition) is 5. The highest BCUT2D eigenvalue weighted by Crippen LogP contribution is 2.31. The zero-order valence-corrected chi connectivity index (χ0v) is 16.5. The van der Waals surface area contributed by atoms with E-state index in [1.165, 1.54) is 6.08 Å². The average molecular weight is 396 g/mol. The predicted octanol–water partition coefficient (Wildman–Crippen LogP) is 3.70. The Bertz CT molecular complexity index is 893. The number of nitrogens with one attached hydrogen (secondary N) is 1. The molecular formula is C22H24N2O5. The van der Waals surface area contributed by atoms with Crippen LogP contribution in [0.2, 0.25) is 0 Å². The lowest BCUT2D eigenvalue weighted by Crippen LogP contribution is -2.30. The summed E-state index contributed by atoms with van der Waals surface area (Å²) >= 11 is 0. The predicted molar refractivity (Wildman–Crippen MR) is 110 cm³/mol. The quantitative estimate of drug-likeness (QED) is 0.595. The molecule has 152 valence electrons. The molecule has 2 aromatic rings. The van der Waals surface area contributed by atoms with Gasteiger partial charge >= 0.3 is 12.0 Å². The van der Waals surface area contributed by atoms with Gasteiger partial charge in [0, 0.05) is 25.4 Å². The molecular weight excluding hydrogens is 372 g/mol. The number of carbonyl (C=O) groups excluding carboxylic acids is 2. The van der Waals surface area contributed by atoms with Crippen molar-refractivity contribution in [3.8, 4) is 11.5 Å². The van der Waals surface area contributed by atoms with Crippen LogP contribution in [0.4, 0.5) is 10.5 Å². The number of rotatable bonds is 6. The molecule has 2 aromatic carbocycles. The fraction of sp³-hybridized carbons (Fsp3) is 0.273. The molecule has 7 heteroatoms. The highest BCUT2D eigenvalue weighted by molar-refractivity contribution is 5.90. The number of urea groups is 1. The number of carbonyl (C=O) groups is 2. The van der Waals surface area contributed by atoms with Crippen LogP contribution in [-0.2, 0) is 16.1 Å². The average Bonchev–Trinajstić information content (AvgIpc) is 2.73. The first-order valence-electron chi connectivity index (χ1n) is 9.40. The normalized spacial score (nSPS) is 12.5. The van der Waals surface area contributed by atoms with Gasteiger partial charge in [0.15, 0.2) is 11.5 Å². The molecule has 0 fully saturated rings. The topological polar surface area (TPSA) is 77.1 Å². The van der Waals surface area contributed by atoms with Crippen molar-refractivity contribution >= 4 is 23.8 Å². The van der Waals surface area contributed by atoms with Gasteiger partial charge < -0.3 is 24.4 Å². The van der Waals surface area contributed by atoms with Gasteiger partial charge in [-0.05, 0) is 48.4 Å². The Kier molecular flexibility index (Phi) is 6.73. The first-order valence-corrected chi connectivity index (χ1v) is 9.40. The maximum Gasteiger partial charge on any atom is 0.330 e. The molecule has 2 amide bonds. The number of amides is 2. The summed E-state index contributed by atoms with van der Waals surface area (Å²) in [5.74, 6) is 1.05. The number of hydrogen-bond donors (Lipinski definition) is 1. The molecule has 0 radical (unpaired) electrons. The van der Waals surface area contributed by atoms with Crippen LogP contribution in [0.1, 0.15) is 18.1 Å². The summed E-state index contributed by atoms with van der Waals surface area (Å²) in [6.07, 6.45) is 3.04. The van der Waals surface area contributed by atoms with Crippen molar-refractivity contribution in [1.82, 2.24) is 4.90 Å². The number of esters is 1. The van der Waals surface area contributed by atoms with Crippen molar-refractivity contribution in [1.29, 1.82) is 0 Å². The Morgan fingerprint density at radius 3 is 2.55 bits per heavy atom. The van der Waals surface area contributed by atoms with Crippen molar-refractivity contribution in [3.63, 3.8) is 0 Å². The molecule has 3 rings (SSSR count). The molecule has 0 spiro atoms. The van der Waals surface area contributed by atoms with Crippen molar-refractivity contribution in [2.45, 2.75) is 13.5 Å². The summed E-state index contributed by atoms with van der Waals surface area (Å²) in [4.78, 5) is 25.4. The molecule has 7 nitrogen and oxygen atoms in total. The van der Waals surface area contributed by atoms with E-state index in [1.54, 1.807) is 37.1 Å². The second kappa shape index (κ2) is 9.64. The van der Waals surface area contributed by atoms with Gasteiger partial charge in [0.1, 0.15) is 13.2 Å². The van der Waals surface area contributed by atoms with Gasteiger partial charge in [-0.1, -0.05) is 18.2 Å². The number of benzene rings is 2. The summed E-state index contributed by atoms with van der Waals surface area (Å²) in [5.41, 5.74) is 2.45. The second-order valence-corrected chi connectivity index (χ2v) is 6.47. The van der Waals surface area contributed by atoms with E-state index >= 15 is 0 Å². The van der Waals surface area contributed by atoms with E-state index in [0.717, 1.165) is 16.9 Å². The van der Waals surface area contributed by atoms with E-state index in [1.807, 2.05) is 30.3 Å². The largest absolute Gasteiger partial charge is 0.486 e. The summed E-state index contributed by atoms with van der Waals surface area (Å²) in [6, 6.07) is 12.6. The molecule has 1 aliphatic rings. The summed E-state index contributed by atoms with van der Waals surface area (Å²) in [6.45, 7) is 3.61. The Hall–Kier alpha value is -3.48. The van der Waals surface area contributed by atoms with Gasteiger partial charge in [-0.3, -0.25) is 0 Å². The first kappa shape index (κ1) is 20.3. The van der Waals surface area contributed by atoms with E-state index in [2.05, 4.69) is 5.32 Å². The zero-order chi connectivity index (χ0) is 20.6. The monoisotopic (exact) mass is 396 g/mol. The number of nitrogens with zero attached hydrogens (tertiary/aromatic N) is 1. The lowest BCUT2D eigenvalue weighted by atomic mass is 10.2. The Balaban J connectivity index is 1.54. The van der Waals surface area contributed by atoms with Crippen molar-refractivity contribution < 1.29 is 23.8 Å². The van der Waals surface area contributed by atoms with Crippen LogP contribution in [0.5, 0.6) is 11.5 Å². The molecule has 0 bridgehead atoms. The minimum atomic E-state index is -0.384. The van der Waals surface area contributed by atoms with E-state index in [0.29, 0.717) is 37.8 Å². The molecule has 1 N–H and O–H groups in total. The van der Waals surface area contributed by atoms with Gasteiger partial charge in [0.2, 0.25) is 0 Å². The van der Waals surface area contributed by atoms with Gasteiger partial charge in [-0.25, -0.2) is 9.59 Å². The molecule has 1 aliphatic heterocycles. The van der Waals surface area contributed by atoms with Crippen molar-refractivity contribution in [2.75, 3.05) is 32.2 Å². The first-order chi connectivity index (χ1) is 14.0. The van der Waals surface area contributed by atoms with Gasteiger partial charge in [0.25, 0.3) is 0 Å². The fourth-order valence-electron chi connectivity index (χ4n) is 2.78. The van der Waals surface area contributed by atoms with Crippen LogP contribution >= 0.6 is 0 Å². The second-order valence-electron chi connectivity index (χ2n) is 6.47. The Labute approximate surface area is 169 Å². The molecule has 0 saturated heterocycles. The molecule has 0 atom stereocenters. The molecule has 1 heterocycles. The summed E-state index contributed by atoms with van der Waals surface area (Å²) < 4.78 is 15.9. The van der Waals surface area contributed by atoms with Gasteiger partial charge in [-0.2, -0.15) is 0 Å². The van der Waals surface area contributed by atoms with E-state index in [9.17, 15) is 9.59 Å². The lowest BCUT2D eigenvalue weighted by molar-refractivity contribution is -0.137. The van der Waals surface area contributed by atoms with Crippen LogP contribution in [0.3, 0.4) is 0 Å². The maximum absolute atomic E-state index is 12.5. The van der Waals surface area contributed by atoms with Crippen LogP contribution in [0, 0.1) is 0 Å². The third-order valence-electron chi connectivity index (χ3n) is 4.23. The third kappa shape index (κ3) is 5.75. The highest BCUT2D eigenvalue weighted by Gasteiger charge is 2.14. The molecule has 0 aromatic heterocycles. The lowest BCUT2D eigenvalue weighted by Gasteiger charge is -2.21. The fourth-order valence-corrected chi connectivity index (χ4v) is 2.78. The number of ether oxygens (including phenoxy) is 3. The Morgan fingerprint density at radius 1 is 1.10 bits per heavy atom.